The molecule has 8 heteroatoms. The molecule has 3 heterocycles. The third-order valence-corrected chi connectivity index (χ3v) is 6.28. The van der Waals surface area contributed by atoms with Crippen LogP contribution < -0.4 is 11.0 Å². The van der Waals surface area contributed by atoms with Crippen LogP contribution in [0.1, 0.15) is 34.8 Å². The molecular weight excluding hydrogens is 372 g/mol. The largest absolute Gasteiger partial charge is 0.351 e. The zero-order chi connectivity index (χ0) is 18.1. The number of thiophene rings is 1. The third kappa shape index (κ3) is 3.17. The van der Waals surface area contributed by atoms with Crippen LogP contribution in [0.5, 0.6) is 0 Å². The molecule has 6 nitrogen and oxygen atoms in total. The minimum Gasteiger partial charge on any atom is -0.351 e. The highest BCUT2D eigenvalue weighted by molar-refractivity contribution is 7.21. The highest BCUT2D eigenvalue weighted by Gasteiger charge is 2.18. The van der Waals surface area contributed by atoms with Crippen LogP contribution in [-0.4, -0.2) is 26.8 Å². The molecule has 0 saturated carbocycles. The fourth-order valence-electron chi connectivity index (χ4n) is 3.27. The lowest BCUT2D eigenvalue weighted by molar-refractivity contribution is 0.0957. The quantitative estimate of drug-likeness (QED) is 0.681. The SMILES string of the molecule is O=C(NCCCn1nc2n(c1=O)CCCC2)c1sc2ccccc2c1Cl. The zero-order valence-electron chi connectivity index (χ0n) is 14.2. The van der Waals surface area contributed by atoms with Crippen LogP contribution in [0.3, 0.4) is 0 Å². The summed E-state index contributed by atoms with van der Waals surface area (Å²) in [6.45, 7) is 1.73. The van der Waals surface area contributed by atoms with Crippen molar-refractivity contribution in [3.63, 3.8) is 0 Å². The number of nitrogens with zero attached hydrogens (tertiary/aromatic N) is 3. The number of hydrogen-bond acceptors (Lipinski definition) is 4. The summed E-state index contributed by atoms with van der Waals surface area (Å²) in [4.78, 5) is 25.2. The molecule has 3 aromatic rings. The van der Waals surface area contributed by atoms with Crippen LogP contribution in [0.15, 0.2) is 29.1 Å². The molecule has 1 aliphatic heterocycles. The predicted molar refractivity (Wildman–Crippen MR) is 103 cm³/mol. The van der Waals surface area contributed by atoms with Gasteiger partial charge in [0.15, 0.2) is 0 Å². The van der Waals surface area contributed by atoms with Gasteiger partial charge in [-0.05, 0) is 25.3 Å². The summed E-state index contributed by atoms with van der Waals surface area (Å²) in [6, 6.07) is 7.71. The molecule has 2 aromatic heterocycles. The van der Waals surface area contributed by atoms with Crippen LogP contribution >= 0.6 is 22.9 Å². The first-order valence-corrected chi connectivity index (χ1v) is 9.96. The van der Waals surface area contributed by atoms with E-state index in [-0.39, 0.29) is 11.6 Å². The maximum Gasteiger partial charge on any atom is 0.345 e. The minimum absolute atomic E-state index is 0.0430. The molecule has 0 spiro atoms. The third-order valence-electron chi connectivity index (χ3n) is 4.60. The molecule has 0 unspecified atom stereocenters. The first-order chi connectivity index (χ1) is 12.6. The number of nitrogens with one attached hydrogen (secondary N) is 1. The van der Waals surface area contributed by atoms with Gasteiger partial charge in [0.25, 0.3) is 5.91 Å². The number of carbonyl (C=O) groups is 1. The molecule has 136 valence electrons. The van der Waals surface area contributed by atoms with Crippen molar-refractivity contribution in [2.24, 2.45) is 0 Å². The van der Waals surface area contributed by atoms with Crippen molar-refractivity contribution in [3.8, 4) is 0 Å². The number of carbonyl (C=O) groups excluding carboxylic acids is 1. The van der Waals surface area contributed by atoms with Gasteiger partial charge in [-0.2, -0.15) is 5.10 Å². The second-order valence-electron chi connectivity index (χ2n) is 6.38. The lowest BCUT2D eigenvalue weighted by Gasteiger charge is -2.09. The number of aromatic nitrogens is 3. The highest BCUT2D eigenvalue weighted by atomic mass is 35.5. The Hall–Kier alpha value is -2.12. The molecule has 0 aliphatic carbocycles. The van der Waals surface area contributed by atoms with Crippen molar-refractivity contribution in [2.45, 2.75) is 38.8 Å². The molecule has 0 atom stereocenters. The van der Waals surface area contributed by atoms with Crippen LogP contribution in [0, 0.1) is 0 Å². The van der Waals surface area contributed by atoms with E-state index in [0.29, 0.717) is 29.4 Å². The average molecular weight is 391 g/mol. The molecule has 1 amide bonds. The van der Waals surface area contributed by atoms with Crippen molar-refractivity contribution in [1.29, 1.82) is 0 Å². The van der Waals surface area contributed by atoms with Crippen LogP contribution in [0.25, 0.3) is 10.1 Å². The lowest BCUT2D eigenvalue weighted by Crippen LogP contribution is -2.29. The standard InChI is InChI=1S/C18H19ClN4O2S/c19-15-12-6-1-2-7-13(12)26-16(15)17(24)20-9-5-11-23-18(25)22-10-4-3-8-14(22)21-23/h1-2,6-7H,3-5,8-11H2,(H,20,24). The van der Waals surface area contributed by atoms with Crippen molar-refractivity contribution in [3.05, 3.63) is 50.5 Å². The van der Waals surface area contributed by atoms with Gasteiger partial charge in [-0.3, -0.25) is 9.36 Å². The van der Waals surface area contributed by atoms with Gasteiger partial charge in [-0.25, -0.2) is 9.48 Å². The summed E-state index contributed by atoms with van der Waals surface area (Å²) in [5, 5.41) is 8.70. The summed E-state index contributed by atoms with van der Waals surface area (Å²) in [5.74, 6) is 0.704. The van der Waals surface area contributed by atoms with Crippen molar-refractivity contribution in [1.82, 2.24) is 19.7 Å². The van der Waals surface area contributed by atoms with E-state index in [1.165, 1.54) is 16.0 Å². The predicted octanol–water partition coefficient (Wildman–Crippen LogP) is 3.07. The first-order valence-electron chi connectivity index (χ1n) is 8.77. The number of halogens is 1. The lowest BCUT2D eigenvalue weighted by atomic mass is 10.2. The van der Waals surface area contributed by atoms with E-state index in [1.807, 2.05) is 24.3 Å². The summed E-state index contributed by atoms with van der Waals surface area (Å²) in [6.07, 6.45) is 3.63. The van der Waals surface area contributed by atoms with Gasteiger partial charge in [0, 0.05) is 36.1 Å². The second kappa shape index (κ2) is 7.25. The molecule has 0 saturated heterocycles. The fourth-order valence-corrected chi connectivity index (χ4v) is 4.70. The van der Waals surface area contributed by atoms with Gasteiger partial charge < -0.3 is 5.32 Å². The van der Waals surface area contributed by atoms with Crippen LogP contribution in [-0.2, 0) is 19.5 Å². The van der Waals surface area contributed by atoms with E-state index >= 15 is 0 Å². The number of aryl methyl sites for hydroxylation is 2. The van der Waals surface area contributed by atoms with Gasteiger partial charge >= 0.3 is 5.69 Å². The number of fused-ring (bicyclic) bond motifs is 2. The molecule has 4 rings (SSSR count). The van der Waals surface area contributed by atoms with Gasteiger partial charge in [0.05, 0.1) is 5.02 Å². The summed E-state index contributed by atoms with van der Waals surface area (Å²) in [5.41, 5.74) is -0.0430. The van der Waals surface area contributed by atoms with Crippen molar-refractivity contribution >= 4 is 38.9 Å². The Morgan fingerprint density at radius 2 is 2.15 bits per heavy atom. The topological polar surface area (TPSA) is 68.9 Å². The monoisotopic (exact) mass is 390 g/mol. The Bertz CT molecular complexity index is 1020. The normalized spacial score (nSPS) is 13.7. The van der Waals surface area contributed by atoms with Gasteiger partial charge in [-0.1, -0.05) is 29.8 Å². The second-order valence-corrected chi connectivity index (χ2v) is 7.81. The Balaban J connectivity index is 1.36. The summed E-state index contributed by atoms with van der Waals surface area (Å²) < 4.78 is 4.27. The molecular formula is C18H19ClN4O2S. The van der Waals surface area contributed by atoms with Crippen LogP contribution in [0.4, 0.5) is 0 Å². The molecule has 1 aliphatic rings. The van der Waals surface area contributed by atoms with Crippen molar-refractivity contribution < 1.29 is 4.79 Å². The number of amides is 1. The Morgan fingerprint density at radius 1 is 1.31 bits per heavy atom. The summed E-state index contributed by atoms with van der Waals surface area (Å²) in [7, 11) is 0. The van der Waals surface area contributed by atoms with E-state index in [4.69, 9.17) is 11.6 Å². The molecule has 26 heavy (non-hydrogen) atoms. The van der Waals surface area contributed by atoms with E-state index in [1.54, 1.807) is 4.57 Å². The Morgan fingerprint density at radius 3 is 2.96 bits per heavy atom. The van der Waals surface area contributed by atoms with E-state index in [2.05, 4.69) is 10.4 Å². The molecule has 0 radical (unpaired) electrons. The van der Waals surface area contributed by atoms with E-state index < -0.39 is 0 Å². The van der Waals surface area contributed by atoms with Gasteiger partial charge in [0.2, 0.25) is 0 Å². The van der Waals surface area contributed by atoms with E-state index in [0.717, 1.165) is 41.7 Å². The van der Waals surface area contributed by atoms with Crippen molar-refractivity contribution in [2.75, 3.05) is 6.54 Å². The number of benzene rings is 1. The molecule has 1 aromatic carbocycles. The summed E-state index contributed by atoms with van der Waals surface area (Å²) >= 11 is 7.72. The average Bonchev–Trinajstić information content (AvgIpc) is 3.17. The number of hydrogen-bond donors (Lipinski definition) is 1. The maximum atomic E-state index is 12.4. The Labute approximate surface area is 159 Å². The minimum atomic E-state index is -0.173. The molecule has 0 fully saturated rings. The van der Waals surface area contributed by atoms with Gasteiger partial charge in [0.1, 0.15) is 10.7 Å². The van der Waals surface area contributed by atoms with E-state index in [9.17, 15) is 9.59 Å². The maximum absolute atomic E-state index is 12.4. The molecule has 1 N–H and O–H groups in total. The Kier molecular flexibility index (Phi) is 4.82. The highest BCUT2D eigenvalue weighted by Crippen LogP contribution is 2.34. The molecule has 0 bridgehead atoms. The number of rotatable bonds is 5. The smallest absolute Gasteiger partial charge is 0.345 e. The van der Waals surface area contributed by atoms with Gasteiger partial charge in [-0.15, -0.1) is 11.3 Å². The first kappa shape index (κ1) is 17.3. The fraction of sp³-hybridized carbons (Fsp3) is 0.389. The zero-order valence-corrected chi connectivity index (χ0v) is 15.8. The van der Waals surface area contributed by atoms with Crippen LogP contribution in [0.2, 0.25) is 5.02 Å².